The van der Waals surface area contributed by atoms with E-state index in [1.165, 1.54) is 10.5 Å². The van der Waals surface area contributed by atoms with Gasteiger partial charge >= 0.3 is 0 Å². The van der Waals surface area contributed by atoms with Crippen LogP contribution in [0.25, 0.3) is 0 Å². The summed E-state index contributed by atoms with van der Waals surface area (Å²) >= 11 is 0. The SMILES string of the molecule is CS(=O)(=O)N(CC(=O)NN=Cc1cccnc1)C1CCCCC1. The zero-order chi connectivity index (χ0) is 16.7. The van der Waals surface area contributed by atoms with Crippen LogP contribution in [0.4, 0.5) is 0 Å². The van der Waals surface area contributed by atoms with E-state index < -0.39 is 15.9 Å². The molecular weight excluding hydrogens is 316 g/mol. The third-order valence-corrected chi connectivity index (χ3v) is 5.07. The molecule has 1 saturated carbocycles. The van der Waals surface area contributed by atoms with E-state index in [-0.39, 0.29) is 12.6 Å². The van der Waals surface area contributed by atoms with E-state index in [0.717, 1.165) is 43.9 Å². The Morgan fingerprint density at radius 2 is 2.17 bits per heavy atom. The number of hydrogen-bond acceptors (Lipinski definition) is 5. The molecule has 126 valence electrons. The van der Waals surface area contributed by atoms with E-state index in [4.69, 9.17) is 0 Å². The molecule has 0 aliphatic heterocycles. The maximum absolute atomic E-state index is 12.0. The highest BCUT2D eigenvalue weighted by Crippen LogP contribution is 2.24. The van der Waals surface area contributed by atoms with E-state index in [1.807, 2.05) is 0 Å². The number of hydrazone groups is 1. The number of aromatic nitrogens is 1. The summed E-state index contributed by atoms with van der Waals surface area (Å²) in [5.74, 6) is -0.443. The molecule has 0 aromatic carbocycles. The normalized spacial score (nSPS) is 16.8. The largest absolute Gasteiger partial charge is 0.272 e. The Bertz CT molecular complexity index is 640. The summed E-state index contributed by atoms with van der Waals surface area (Å²) in [4.78, 5) is 15.9. The topological polar surface area (TPSA) is 91.7 Å². The van der Waals surface area contributed by atoms with Gasteiger partial charge in [-0.3, -0.25) is 9.78 Å². The molecule has 7 nitrogen and oxygen atoms in total. The smallest absolute Gasteiger partial charge is 0.255 e. The summed E-state index contributed by atoms with van der Waals surface area (Å²) < 4.78 is 25.2. The number of rotatable bonds is 6. The summed E-state index contributed by atoms with van der Waals surface area (Å²) in [6, 6.07) is 3.47. The molecule has 0 atom stereocenters. The molecule has 8 heteroatoms. The van der Waals surface area contributed by atoms with Crippen molar-refractivity contribution < 1.29 is 13.2 Å². The molecule has 1 amide bonds. The molecular formula is C15H22N4O3S. The molecule has 1 fully saturated rings. The number of pyridine rings is 1. The molecule has 1 aliphatic rings. The van der Waals surface area contributed by atoms with Gasteiger partial charge in [0.15, 0.2) is 0 Å². The van der Waals surface area contributed by atoms with Crippen molar-refractivity contribution in [3.8, 4) is 0 Å². The maximum atomic E-state index is 12.0. The molecule has 1 aromatic rings. The number of carbonyl (C=O) groups is 1. The van der Waals surface area contributed by atoms with Crippen LogP contribution < -0.4 is 5.43 Å². The molecule has 23 heavy (non-hydrogen) atoms. The monoisotopic (exact) mass is 338 g/mol. The van der Waals surface area contributed by atoms with Gasteiger partial charge in [0.1, 0.15) is 0 Å². The zero-order valence-electron chi connectivity index (χ0n) is 13.2. The maximum Gasteiger partial charge on any atom is 0.255 e. The van der Waals surface area contributed by atoms with Crippen LogP contribution in [-0.2, 0) is 14.8 Å². The first-order valence-electron chi connectivity index (χ1n) is 7.65. The van der Waals surface area contributed by atoms with Crippen LogP contribution in [0, 0.1) is 0 Å². The van der Waals surface area contributed by atoms with Crippen molar-refractivity contribution in [2.45, 2.75) is 38.1 Å². The van der Waals surface area contributed by atoms with Gasteiger partial charge in [0.05, 0.1) is 19.0 Å². The van der Waals surface area contributed by atoms with Crippen molar-refractivity contribution in [1.82, 2.24) is 14.7 Å². The molecule has 1 heterocycles. The Hall–Kier alpha value is -1.80. The second-order valence-corrected chi connectivity index (χ2v) is 7.61. The first kappa shape index (κ1) is 17.6. The first-order valence-corrected chi connectivity index (χ1v) is 9.50. The molecule has 2 rings (SSSR count). The first-order chi connectivity index (χ1) is 11.0. The van der Waals surface area contributed by atoms with Crippen LogP contribution in [0.15, 0.2) is 29.6 Å². The number of carbonyl (C=O) groups excluding carboxylic acids is 1. The van der Waals surface area contributed by atoms with E-state index >= 15 is 0 Å². The summed E-state index contributed by atoms with van der Waals surface area (Å²) in [5, 5.41) is 3.84. The summed E-state index contributed by atoms with van der Waals surface area (Å²) in [6.45, 7) is -0.201. The van der Waals surface area contributed by atoms with Gasteiger partial charge in [0.2, 0.25) is 10.0 Å². The number of hydrogen-bond donors (Lipinski definition) is 1. The van der Waals surface area contributed by atoms with Crippen molar-refractivity contribution in [3.05, 3.63) is 30.1 Å². The Morgan fingerprint density at radius 3 is 2.78 bits per heavy atom. The third-order valence-electron chi connectivity index (χ3n) is 3.79. The van der Waals surface area contributed by atoms with Crippen LogP contribution in [0.5, 0.6) is 0 Å². The van der Waals surface area contributed by atoms with Crippen LogP contribution in [0.3, 0.4) is 0 Å². The molecule has 1 aromatic heterocycles. The summed E-state index contributed by atoms with van der Waals surface area (Å²) in [6.07, 6.45) is 10.6. The lowest BCUT2D eigenvalue weighted by atomic mass is 9.95. The Balaban J connectivity index is 1.93. The number of nitrogens with one attached hydrogen (secondary N) is 1. The lowest BCUT2D eigenvalue weighted by Gasteiger charge is -2.31. The second kappa shape index (κ2) is 8.16. The Morgan fingerprint density at radius 1 is 1.43 bits per heavy atom. The van der Waals surface area contributed by atoms with Crippen molar-refractivity contribution in [2.24, 2.45) is 5.10 Å². The van der Waals surface area contributed by atoms with Gasteiger partial charge in [0, 0.05) is 24.0 Å². The van der Waals surface area contributed by atoms with Gasteiger partial charge in [-0.25, -0.2) is 13.8 Å². The van der Waals surface area contributed by atoms with Gasteiger partial charge in [-0.2, -0.15) is 9.41 Å². The van der Waals surface area contributed by atoms with Gasteiger partial charge in [0.25, 0.3) is 5.91 Å². The number of amides is 1. The van der Waals surface area contributed by atoms with Crippen molar-refractivity contribution in [2.75, 3.05) is 12.8 Å². The van der Waals surface area contributed by atoms with Crippen molar-refractivity contribution in [1.29, 1.82) is 0 Å². The van der Waals surface area contributed by atoms with Crippen LogP contribution in [0.1, 0.15) is 37.7 Å². The standard InChI is InChI=1S/C15H22N4O3S/c1-23(21,22)19(14-7-3-2-4-8-14)12-15(20)18-17-11-13-6-5-9-16-10-13/h5-6,9-11,14H,2-4,7-8,12H2,1H3,(H,18,20). The molecule has 0 unspecified atom stereocenters. The van der Waals surface area contributed by atoms with Crippen LogP contribution in [-0.4, -0.2) is 48.7 Å². The highest BCUT2D eigenvalue weighted by molar-refractivity contribution is 7.88. The average Bonchev–Trinajstić information content (AvgIpc) is 2.53. The highest BCUT2D eigenvalue weighted by atomic mass is 32.2. The number of sulfonamides is 1. The summed E-state index contributed by atoms with van der Waals surface area (Å²) in [5.41, 5.74) is 3.12. The quantitative estimate of drug-likeness (QED) is 0.621. The van der Waals surface area contributed by atoms with Gasteiger partial charge < -0.3 is 0 Å². The van der Waals surface area contributed by atoms with E-state index in [1.54, 1.807) is 24.5 Å². The van der Waals surface area contributed by atoms with Crippen LogP contribution in [0.2, 0.25) is 0 Å². The van der Waals surface area contributed by atoms with Crippen molar-refractivity contribution in [3.63, 3.8) is 0 Å². The minimum Gasteiger partial charge on any atom is -0.272 e. The fourth-order valence-corrected chi connectivity index (χ4v) is 3.80. The van der Waals surface area contributed by atoms with Gasteiger partial charge in [-0.1, -0.05) is 25.3 Å². The second-order valence-electron chi connectivity index (χ2n) is 5.68. The minimum absolute atomic E-state index is 0.0909. The molecule has 0 bridgehead atoms. The Kier molecular flexibility index (Phi) is 6.23. The highest BCUT2D eigenvalue weighted by Gasteiger charge is 2.29. The zero-order valence-corrected chi connectivity index (χ0v) is 14.0. The molecule has 0 saturated heterocycles. The lowest BCUT2D eigenvalue weighted by molar-refractivity contribution is -0.121. The molecule has 1 aliphatic carbocycles. The van der Waals surface area contributed by atoms with E-state index in [2.05, 4.69) is 15.5 Å². The van der Waals surface area contributed by atoms with Crippen LogP contribution >= 0.6 is 0 Å². The lowest BCUT2D eigenvalue weighted by Crippen LogP contribution is -2.45. The molecule has 0 spiro atoms. The van der Waals surface area contributed by atoms with Gasteiger partial charge in [-0.15, -0.1) is 0 Å². The average molecular weight is 338 g/mol. The van der Waals surface area contributed by atoms with E-state index in [0.29, 0.717) is 0 Å². The van der Waals surface area contributed by atoms with E-state index in [9.17, 15) is 13.2 Å². The fraction of sp³-hybridized carbons (Fsp3) is 0.533. The van der Waals surface area contributed by atoms with Gasteiger partial charge in [-0.05, 0) is 18.9 Å². The Labute approximate surface area is 136 Å². The predicted octanol–water partition coefficient (Wildman–Crippen LogP) is 1.13. The number of nitrogens with zero attached hydrogens (tertiary/aromatic N) is 3. The molecule has 1 N–H and O–H groups in total. The fourth-order valence-electron chi connectivity index (χ4n) is 2.69. The summed E-state index contributed by atoms with van der Waals surface area (Å²) in [7, 11) is -3.43. The van der Waals surface area contributed by atoms with Crippen molar-refractivity contribution >= 4 is 22.1 Å². The molecule has 0 radical (unpaired) electrons. The predicted molar refractivity (Wildman–Crippen MR) is 88.4 cm³/mol. The third kappa shape index (κ3) is 5.72. The minimum atomic E-state index is -3.43.